The molecule has 6 nitrogen and oxygen atoms in total. The van der Waals surface area contributed by atoms with Crippen LogP contribution in [-0.2, 0) is 13.5 Å². The molecule has 2 aromatic rings. The van der Waals surface area contributed by atoms with Crippen molar-refractivity contribution in [2.75, 3.05) is 19.5 Å². The van der Waals surface area contributed by atoms with Crippen LogP contribution in [0.3, 0.4) is 0 Å². The quantitative estimate of drug-likeness (QED) is 0.422. The summed E-state index contributed by atoms with van der Waals surface area (Å²) in [6, 6.07) is 5.23. The summed E-state index contributed by atoms with van der Waals surface area (Å²) in [5, 5.41) is 9.11. The van der Waals surface area contributed by atoms with Crippen molar-refractivity contribution < 1.29 is 14.3 Å². The third-order valence-corrected chi connectivity index (χ3v) is 4.14. The van der Waals surface area contributed by atoms with E-state index in [1.165, 1.54) is 0 Å². The van der Waals surface area contributed by atoms with Crippen LogP contribution in [0.2, 0.25) is 0 Å². The van der Waals surface area contributed by atoms with Gasteiger partial charge in [0.05, 0.1) is 19.3 Å². The van der Waals surface area contributed by atoms with Gasteiger partial charge in [0.15, 0.2) is 22.9 Å². The van der Waals surface area contributed by atoms with Crippen LogP contribution < -0.4 is 9.47 Å². The van der Waals surface area contributed by atoms with Crippen molar-refractivity contribution in [3.63, 3.8) is 0 Å². The zero-order valence-electron chi connectivity index (χ0n) is 12.9. The predicted molar refractivity (Wildman–Crippen MR) is 85.0 cm³/mol. The van der Waals surface area contributed by atoms with E-state index in [1.807, 2.05) is 18.5 Å². The molecule has 118 valence electrons. The Kier molecular flexibility index (Phi) is 5.83. The summed E-state index contributed by atoms with van der Waals surface area (Å²) in [7, 11) is 3.50. The third kappa shape index (κ3) is 3.59. The molecule has 0 aliphatic rings. The standard InChI is InChI=1S/C15H19N3O3S/c1-4-13-16-17-15(18(13)2)22-9-8-21-14-11(10-19)6-5-7-12(14)20-3/h5-7,10H,4,8-9H2,1-3H3. The molecule has 0 aliphatic heterocycles. The van der Waals surface area contributed by atoms with E-state index in [4.69, 9.17) is 9.47 Å². The maximum Gasteiger partial charge on any atom is 0.191 e. The maximum absolute atomic E-state index is 11.1. The van der Waals surface area contributed by atoms with Crippen molar-refractivity contribution in [2.24, 2.45) is 7.05 Å². The Morgan fingerprint density at radius 2 is 2.18 bits per heavy atom. The molecule has 2 rings (SSSR count). The largest absolute Gasteiger partial charge is 0.493 e. The molecule has 0 atom stereocenters. The van der Waals surface area contributed by atoms with Crippen molar-refractivity contribution in [2.45, 2.75) is 18.5 Å². The van der Waals surface area contributed by atoms with Crippen LogP contribution in [0, 0.1) is 0 Å². The number of nitrogens with zero attached hydrogens (tertiary/aromatic N) is 3. The van der Waals surface area contributed by atoms with Crippen LogP contribution in [0.25, 0.3) is 0 Å². The Bertz CT molecular complexity index is 643. The number of aldehydes is 1. The summed E-state index contributed by atoms with van der Waals surface area (Å²) < 4.78 is 12.9. The van der Waals surface area contributed by atoms with Crippen LogP contribution in [0.1, 0.15) is 23.1 Å². The number of para-hydroxylation sites is 1. The zero-order valence-corrected chi connectivity index (χ0v) is 13.7. The zero-order chi connectivity index (χ0) is 15.9. The number of rotatable bonds is 8. The number of benzene rings is 1. The minimum Gasteiger partial charge on any atom is -0.493 e. The number of carbonyl (C=O) groups excluding carboxylic acids is 1. The van der Waals surface area contributed by atoms with E-state index >= 15 is 0 Å². The van der Waals surface area contributed by atoms with Crippen LogP contribution in [0.4, 0.5) is 0 Å². The number of aryl methyl sites for hydroxylation is 1. The van der Waals surface area contributed by atoms with Gasteiger partial charge in [-0.2, -0.15) is 0 Å². The second-order valence-corrected chi connectivity index (χ2v) is 5.57. The molecule has 0 spiro atoms. The number of thioether (sulfide) groups is 1. The van der Waals surface area contributed by atoms with Gasteiger partial charge in [0.1, 0.15) is 5.82 Å². The first-order valence-electron chi connectivity index (χ1n) is 6.97. The molecule has 0 aliphatic carbocycles. The van der Waals surface area contributed by atoms with Gasteiger partial charge >= 0.3 is 0 Å². The molecule has 7 heteroatoms. The maximum atomic E-state index is 11.1. The highest BCUT2D eigenvalue weighted by Crippen LogP contribution is 2.30. The smallest absolute Gasteiger partial charge is 0.191 e. The fraction of sp³-hybridized carbons (Fsp3) is 0.400. The van der Waals surface area contributed by atoms with Gasteiger partial charge in [-0.05, 0) is 12.1 Å². The normalized spacial score (nSPS) is 10.5. The number of ether oxygens (including phenoxy) is 2. The summed E-state index contributed by atoms with van der Waals surface area (Å²) in [6.45, 7) is 2.49. The van der Waals surface area contributed by atoms with E-state index in [9.17, 15) is 4.79 Å². The molecule has 1 aromatic heterocycles. The average Bonchev–Trinajstić information content (AvgIpc) is 2.91. The van der Waals surface area contributed by atoms with Crippen LogP contribution in [0.5, 0.6) is 11.5 Å². The Morgan fingerprint density at radius 1 is 1.36 bits per heavy atom. The fourth-order valence-electron chi connectivity index (χ4n) is 2.00. The van der Waals surface area contributed by atoms with Crippen LogP contribution in [0.15, 0.2) is 23.4 Å². The highest BCUT2D eigenvalue weighted by atomic mass is 32.2. The Balaban J connectivity index is 1.94. The minimum absolute atomic E-state index is 0.445. The molecule has 0 saturated carbocycles. The molecule has 0 N–H and O–H groups in total. The highest BCUT2D eigenvalue weighted by molar-refractivity contribution is 7.99. The van der Waals surface area contributed by atoms with Crippen LogP contribution >= 0.6 is 11.8 Å². The molecule has 0 bridgehead atoms. The SMILES string of the molecule is CCc1nnc(SCCOc2c(C=O)cccc2OC)n1C. The lowest BCUT2D eigenvalue weighted by Crippen LogP contribution is -2.05. The number of hydrogen-bond acceptors (Lipinski definition) is 6. The lowest BCUT2D eigenvalue weighted by Gasteiger charge is -2.12. The van der Waals surface area contributed by atoms with Gasteiger partial charge < -0.3 is 14.0 Å². The molecule has 0 saturated heterocycles. The van der Waals surface area contributed by atoms with Crippen molar-refractivity contribution >= 4 is 18.0 Å². The first-order valence-corrected chi connectivity index (χ1v) is 7.95. The molecule has 0 unspecified atom stereocenters. The van der Waals surface area contributed by atoms with Gasteiger partial charge in [-0.15, -0.1) is 10.2 Å². The van der Waals surface area contributed by atoms with Gasteiger partial charge in [-0.1, -0.05) is 24.8 Å². The first-order chi connectivity index (χ1) is 10.7. The third-order valence-electron chi connectivity index (χ3n) is 3.16. The van der Waals surface area contributed by atoms with Crippen molar-refractivity contribution in [3.8, 4) is 11.5 Å². The lowest BCUT2D eigenvalue weighted by atomic mass is 10.2. The van der Waals surface area contributed by atoms with Crippen molar-refractivity contribution in [1.82, 2.24) is 14.8 Å². The van der Waals surface area contributed by atoms with Gasteiger partial charge in [-0.3, -0.25) is 4.79 Å². The minimum atomic E-state index is 0.445. The van der Waals surface area contributed by atoms with Crippen LogP contribution in [-0.4, -0.2) is 40.5 Å². The monoisotopic (exact) mass is 321 g/mol. The van der Waals surface area contributed by atoms with E-state index in [-0.39, 0.29) is 0 Å². The predicted octanol–water partition coefficient (Wildman–Crippen LogP) is 2.37. The average molecular weight is 321 g/mol. The fourth-order valence-corrected chi connectivity index (χ4v) is 2.74. The topological polar surface area (TPSA) is 66.2 Å². The number of hydrogen-bond donors (Lipinski definition) is 0. The van der Waals surface area contributed by atoms with Gasteiger partial charge in [0.25, 0.3) is 0 Å². The van der Waals surface area contributed by atoms with E-state index in [0.29, 0.717) is 29.4 Å². The summed E-state index contributed by atoms with van der Waals surface area (Å²) in [5.41, 5.74) is 0.483. The Morgan fingerprint density at radius 3 is 2.82 bits per heavy atom. The molecule has 0 fully saturated rings. The Labute approximate surface area is 133 Å². The number of methoxy groups -OCH3 is 1. The molecule has 0 radical (unpaired) electrons. The number of aromatic nitrogens is 3. The lowest BCUT2D eigenvalue weighted by molar-refractivity contribution is 0.111. The molecular formula is C15H19N3O3S. The van der Waals surface area contributed by atoms with E-state index in [0.717, 1.165) is 23.7 Å². The summed E-state index contributed by atoms with van der Waals surface area (Å²) >= 11 is 1.56. The van der Waals surface area contributed by atoms with E-state index in [2.05, 4.69) is 10.2 Å². The molecule has 0 amide bonds. The van der Waals surface area contributed by atoms with Gasteiger partial charge in [0.2, 0.25) is 0 Å². The summed E-state index contributed by atoms with van der Waals surface area (Å²) in [6.07, 6.45) is 1.62. The van der Waals surface area contributed by atoms with E-state index < -0.39 is 0 Å². The molecule has 1 aromatic carbocycles. The highest BCUT2D eigenvalue weighted by Gasteiger charge is 2.11. The second-order valence-electron chi connectivity index (χ2n) is 4.50. The number of carbonyl (C=O) groups is 1. The summed E-state index contributed by atoms with van der Waals surface area (Å²) in [4.78, 5) is 11.1. The van der Waals surface area contributed by atoms with Gasteiger partial charge in [-0.25, -0.2) is 0 Å². The Hall–Kier alpha value is -2.02. The van der Waals surface area contributed by atoms with Gasteiger partial charge in [0, 0.05) is 19.2 Å². The van der Waals surface area contributed by atoms with E-state index in [1.54, 1.807) is 37.1 Å². The van der Waals surface area contributed by atoms with Crippen molar-refractivity contribution in [3.05, 3.63) is 29.6 Å². The first kappa shape index (κ1) is 16.4. The second kappa shape index (κ2) is 7.84. The summed E-state index contributed by atoms with van der Waals surface area (Å²) in [5.74, 6) is 2.69. The molecule has 22 heavy (non-hydrogen) atoms. The molecule has 1 heterocycles. The van der Waals surface area contributed by atoms with Crippen molar-refractivity contribution in [1.29, 1.82) is 0 Å². The molecular weight excluding hydrogens is 302 g/mol.